The van der Waals surface area contributed by atoms with Gasteiger partial charge in [0, 0.05) is 38.0 Å². The number of morpholine rings is 1. The molecule has 31 heavy (non-hydrogen) atoms. The number of benzene rings is 1. The number of fused-ring (bicyclic) bond motifs is 1. The lowest BCUT2D eigenvalue weighted by Crippen LogP contribution is -2.40. The van der Waals surface area contributed by atoms with Crippen molar-refractivity contribution >= 4 is 32.7 Å². The summed E-state index contributed by atoms with van der Waals surface area (Å²) in [5.74, 6) is 1.03. The maximum Gasteiger partial charge on any atom is 0.262 e. The van der Waals surface area contributed by atoms with Crippen molar-refractivity contribution in [2.75, 3.05) is 42.8 Å². The van der Waals surface area contributed by atoms with E-state index in [2.05, 4.69) is 15.3 Å². The lowest BCUT2D eigenvalue weighted by molar-refractivity contribution is 0.121. The van der Waals surface area contributed by atoms with Crippen molar-refractivity contribution in [2.24, 2.45) is 7.05 Å². The summed E-state index contributed by atoms with van der Waals surface area (Å²) >= 11 is 0. The van der Waals surface area contributed by atoms with Crippen LogP contribution < -0.4 is 15.8 Å². The number of hydrogen-bond acceptors (Lipinski definition) is 8. The third kappa shape index (κ3) is 4.15. The zero-order valence-corrected chi connectivity index (χ0v) is 18.8. The molecule has 2 aromatic heterocycles. The Balaban J connectivity index is 1.78. The SMILES string of the molecule is Cc1cc(C(C)Nc2ccn(S(C)(=O)=O)n2)c2nc(N3CCOCC3)n(C)c(=O)c2c1. The standard InChI is InChI=1S/C20H26N6O4S/c1-13-11-15(14(2)21-17-5-6-26(23-17)31(4,28)29)18-16(12-13)19(27)24(3)20(22-18)25-7-9-30-10-8-25/h5-6,11-12,14H,7-10H2,1-4H3,(H,21,23). The van der Waals surface area contributed by atoms with Gasteiger partial charge >= 0.3 is 0 Å². The van der Waals surface area contributed by atoms with Crippen molar-refractivity contribution in [2.45, 2.75) is 19.9 Å². The molecular formula is C20H26N6O4S. The van der Waals surface area contributed by atoms with Crippen LogP contribution in [0, 0.1) is 6.92 Å². The van der Waals surface area contributed by atoms with E-state index in [0.29, 0.717) is 49.0 Å². The summed E-state index contributed by atoms with van der Waals surface area (Å²) in [7, 11) is -1.72. The summed E-state index contributed by atoms with van der Waals surface area (Å²) < 4.78 is 31.3. The number of nitrogens with one attached hydrogen (secondary N) is 1. The normalized spacial score (nSPS) is 15.9. The summed E-state index contributed by atoms with van der Waals surface area (Å²) in [6.07, 6.45) is 2.48. The first-order chi connectivity index (χ1) is 14.6. The first-order valence-corrected chi connectivity index (χ1v) is 11.9. The number of anilines is 2. The fraction of sp³-hybridized carbons (Fsp3) is 0.450. The molecule has 0 radical (unpaired) electrons. The van der Waals surface area contributed by atoms with Crippen molar-refractivity contribution in [1.82, 2.24) is 18.7 Å². The molecule has 4 rings (SSSR count). The van der Waals surface area contributed by atoms with Crippen LogP contribution in [-0.2, 0) is 21.8 Å². The molecule has 1 atom stereocenters. The lowest BCUT2D eigenvalue weighted by Gasteiger charge is -2.29. The predicted molar refractivity (Wildman–Crippen MR) is 119 cm³/mol. The van der Waals surface area contributed by atoms with Gasteiger partial charge in [0.05, 0.1) is 36.4 Å². The predicted octanol–water partition coefficient (Wildman–Crippen LogP) is 1.26. The van der Waals surface area contributed by atoms with Gasteiger partial charge in [0.2, 0.25) is 5.95 Å². The van der Waals surface area contributed by atoms with Gasteiger partial charge in [-0.15, -0.1) is 5.10 Å². The Morgan fingerprint density at radius 2 is 1.94 bits per heavy atom. The molecule has 3 aromatic rings. The number of nitrogens with zero attached hydrogens (tertiary/aromatic N) is 5. The molecule has 0 saturated carbocycles. The molecule has 0 bridgehead atoms. The number of aromatic nitrogens is 4. The number of rotatable bonds is 5. The summed E-state index contributed by atoms with van der Waals surface area (Å²) in [6.45, 7) is 6.39. The Morgan fingerprint density at radius 3 is 2.58 bits per heavy atom. The minimum absolute atomic E-state index is 0.106. The third-order valence-corrected chi connectivity index (χ3v) is 6.24. The summed E-state index contributed by atoms with van der Waals surface area (Å²) in [5.41, 5.74) is 2.30. The van der Waals surface area contributed by atoms with Crippen LogP contribution in [0.25, 0.3) is 10.9 Å². The van der Waals surface area contributed by atoms with Crippen molar-refractivity contribution in [1.29, 1.82) is 0 Å². The molecule has 10 nitrogen and oxygen atoms in total. The smallest absolute Gasteiger partial charge is 0.262 e. The van der Waals surface area contributed by atoms with E-state index in [1.54, 1.807) is 17.7 Å². The molecule has 1 unspecified atom stereocenters. The molecule has 1 saturated heterocycles. The highest BCUT2D eigenvalue weighted by molar-refractivity contribution is 7.89. The van der Waals surface area contributed by atoms with E-state index in [-0.39, 0.29) is 11.6 Å². The minimum atomic E-state index is -3.46. The Morgan fingerprint density at radius 1 is 1.23 bits per heavy atom. The molecule has 11 heteroatoms. The lowest BCUT2D eigenvalue weighted by atomic mass is 10.0. The van der Waals surface area contributed by atoms with Gasteiger partial charge in [-0.1, -0.05) is 6.07 Å². The van der Waals surface area contributed by atoms with Gasteiger partial charge in [0.25, 0.3) is 15.6 Å². The monoisotopic (exact) mass is 446 g/mol. The molecular weight excluding hydrogens is 420 g/mol. The maximum absolute atomic E-state index is 13.2. The average Bonchev–Trinajstić information content (AvgIpc) is 3.20. The fourth-order valence-corrected chi connectivity index (χ4v) is 4.30. The van der Waals surface area contributed by atoms with Gasteiger partial charge in [0.15, 0.2) is 0 Å². The van der Waals surface area contributed by atoms with Crippen LogP contribution in [-0.4, -0.2) is 59.7 Å². The largest absolute Gasteiger partial charge is 0.378 e. The van der Waals surface area contributed by atoms with Gasteiger partial charge in [-0.3, -0.25) is 9.36 Å². The van der Waals surface area contributed by atoms with E-state index in [0.717, 1.165) is 21.5 Å². The van der Waals surface area contributed by atoms with E-state index in [9.17, 15) is 13.2 Å². The zero-order chi connectivity index (χ0) is 22.3. The van der Waals surface area contributed by atoms with E-state index in [4.69, 9.17) is 9.72 Å². The van der Waals surface area contributed by atoms with Gasteiger partial charge in [-0.2, -0.15) is 4.09 Å². The average molecular weight is 447 g/mol. The van der Waals surface area contributed by atoms with E-state index in [1.807, 2.05) is 26.0 Å². The minimum Gasteiger partial charge on any atom is -0.378 e. The Labute approximate surface area is 180 Å². The number of aryl methyl sites for hydroxylation is 1. The zero-order valence-electron chi connectivity index (χ0n) is 18.0. The fourth-order valence-electron chi connectivity index (χ4n) is 3.79. The second-order valence-electron chi connectivity index (χ2n) is 7.83. The molecule has 0 aliphatic carbocycles. The molecule has 1 aromatic carbocycles. The van der Waals surface area contributed by atoms with Crippen LogP contribution >= 0.6 is 0 Å². The second kappa shape index (κ2) is 7.97. The van der Waals surface area contributed by atoms with Crippen LogP contribution in [0.2, 0.25) is 0 Å². The van der Waals surface area contributed by atoms with Gasteiger partial charge in [-0.05, 0) is 25.5 Å². The molecule has 0 spiro atoms. The molecule has 3 heterocycles. The van der Waals surface area contributed by atoms with Crippen LogP contribution in [0.5, 0.6) is 0 Å². The Hall–Kier alpha value is -2.92. The molecule has 0 amide bonds. The molecule has 166 valence electrons. The van der Waals surface area contributed by atoms with E-state index in [1.165, 1.54) is 6.20 Å². The van der Waals surface area contributed by atoms with Gasteiger partial charge in [-0.25, -0.2) is 13.4 Å². The summed E-state index contributed by atoms with van der Waals surface area (Å²) in [4.78, 5) is 20.1. The highest BCUT2D eigenvalue weighted by Crippen LogP contribution is 2.27. The van der Waals surface area contributed by atoms with Crippen LogP contribution in [0.1, 0.15) is 24.1 Å². The van der Waals surface area contributed by atoms with Crippen molar-refractivity contribution < 1.29 is 13.2 Å². The quantitative estimate of drug-likeness (QED) is 0.623. The maximum atomic E-state index is 13.2. The highest BCUT2D eigenvalue weighted by Gasteiger charge is 2.21. The van der Waals surface area contributed by atoms with Crippen molar-refractivity contribution in [3.8, 4) is 0 Å². The highest BCUT2D eigenvalue weighted by atomic mass is 32.2. The van der Waals surface area contributed by atoms with Gasteiger partial charge in [0.1, 0.15) is 5.82 Å². The van der Waals surface area contributed by atoms with Crippen LogP contribution in [0.4, 0.5) is 11.8 Å². The number of hydrogen-bond donors (Lipinski definition) is 1. The Kier molecular flexibility index (Phi) is 5.48. The molecule has 1 aliphatic heterocycles. The first-order valence-electron chi connectivity index (χ1n) is 10.0. The van der Waals surface area contributed by atoms with Crippen molar-refractivity contribution in [3.05, 3.63) is 45.9 Å². The number of ether oxygens (including phenoxy) is 1. The van der Waals surface area contributed by atoms with Crippen LogP contribution in [0.15, 0.2) is 29.2 Å². The topological polar surface area (TPSA) is 111 Å². The molecule has 1 N–H and O–H groups in total. The molecule has 1 aliphatic rings. The first kappa shape index (κ1) is 21.3. The third-order valence-electron chi connectivity index (χ3n) is 5.36. The summed E-state index contributed by atoms with van der Waals surface area (Å²) in [6, 6.07) is 5.18. The van der Waals surface area contributed by atoms with Crippen molar-refractivity contribution in [3.63, 3.8) is 0 Å². The van der Waals surface area contributed by atoms with E-state index < -0.39 is 10.0 Å². The Bertz CT molecular complexity index is 1290. The molecule has 1 fully saturated rings. The summed E-state index contributed by atoms with van der Waals surface area (Å²) in [5, 5.41) is 7.85. The van der Waals surface area contributed by atoms with Crippen LogP contribution in [0.3, 0.4) is 0 Å². The van der Waals surface area contributed by atoms with Gasteiger partial charge < -0.3 is 15.0 Å². The van der Waals surface area contributed by atoms with E-state index >= 15 is 0 Å². The second-order valence-corrected chi connectivity index (χ2v) is 9.67.